The second-order valence-electron chi connectivity index (χ2n) is 14.9. The fourth-order valence-corrected chi connectivity index (χ4v) is 8.21. The molecular formula is C47H35N3O. The van der Waals surface area contributed by atoms with Crippen molar-refractivity contribution in [3.05, 3.63) is 151 Å². The Hall–Kier alpha value is -6.13. The van der Waals surface area contributed by atoms with Crippen molar-refractivity contribution < 1.29 is 4.42 Å². The van der Waals surface area contributed by atoms with Crippen LogP contribution in [0, 0.1) is 0 Å². The Bertz CT molecular complexity index is 2860. The molecule has 0 bridgehead atoms. The standard InChI is InChI=1S/C47H35N3O/c1-46(2)38-26-31(23-24-33(38)37-25-30-22-21-28-13-8-9-16-32(28)36(30)27-39(37)47(46,3)4)44-48-43(29-14-6-5-7-15-29)49-45(50-44)35-18-12-20-41-42(35)34-17-10-11-19-40(34)51-41/h5-27H,1-4H3. The minimum absolute atomic E-state index is 0.156. The number of fused-ring (bicyclic) bond motifs is 9. The Balaban J connectivity index is 1.20. The smallest absolute Gasteiger partial charge is 0.164 e. The van der Waals surface area contributed by atoms with E-state index in [0.29, 0.717) is 17.5 Å². The van der Waals surface area contributed by atoms with Gasteiger partial charge in [0, 0.05) is 27.5 Å². The van der Waals surface area contributed by atoms with Crippen molar-refractivity contribution in [3.63, 3.8) is 0 Å². The lowest BCUT2D eigenvalue weighted by molar-refractivity contribution is 0.299. The van der Waals surface area contributed by atoms with Crippen molar-refractivity contribution in [1.82, 2.24) is 15.0 Å². The summed E-state index contributed by atoms with van der Waals surface area (Å²) in [5, 5.41) is 7.19. The molecule has 244 valence electrons. The van der Waals surface area contributed by atoms with E-state index in [0.717, 1.165) is 38.6 Å². The first-order valence-electron chi connectivity index (χ1n) is 17.6. The van der Waals surface area contributed by atoms with E-state index in [4.69, 9.17) is 19.4 Å². The lowest BCUT2D eigenvalue weighted by atomic mass is 9.55. The summed E-state index contributed by atoms with van der Waals surface area (Å²) in [7, 11) is 0. The zero-order chi connectivity index (χ0) is 34.5. The third-order valence-electron chi connectivity index (χ3n) is 11.7. The molecule has 0 aliphatic heterocycles. The molecule has 0 atom stereocenters. The van der Waals surface area contributed by atoms with Crippen molar-refractivity contribution in [2.24, 2.45) is 0 Å². The summed E-state index contributed by atoms with van der Waals surface area (Å²) in [5.74, 6) is 1.91. The average molecular weight is 658 g/mol. The van der Waals surface area contributed by atoms with E-state index in [1.54, 1.807) is 0 Å². The van der Waals surface area contributed by atoms with Gasteiger partial charge in [0.1, 0.15) is 11.2 Å². The molecule has 4 nitrogen and oxygen atoms in total. The Morgan fingerprint density at radius 1 is 0.412 bits per heavy atom. The summed E-state index contributed by atoms with van der Waals surface area (Å²) in [6.07, 6.45) is 0. The summed E-state index contributed by atoms with van der Waals surface area (Å²) >= 11 is 0. The van der Waals surface area contributed by atoms with E-state index in [1.807, 2.05) is 48.5 Å². The quantitative estimate of drug-likeness (QED) is 0.177. The van der Waals surface area contributed by atoms with Gasteiger partial charge in [-0.2, -0.15) is 0 Å². The molecule has 0 unspecified atom stereocenters. The Kier molecular flexibility index (Phi) is 6.23. The monoisotopic (exact) mass is 657 g/mol. The van der Waals surface area contributed by atoms with E-state index >= 15 is 0 Å². The van der Waals surface area contributed by atoms with Crippen LogP contribution in [-0.2, 0) is 10.8 Å². The van der Waals surface area contributed by atoms with Gasteiger partial charge in [0.2, 0.25) is 0 Å². The summed E-state index contributed by atoms with van der Waals surface area (Å²) in [6, 6.07) is 49.3. The molecule has 0 radical (unpaired) electrons. The molecule has 0 N–H and O–H groups in total. The third kappa shape index (κ3) is 4.36. The Morgan fingerprint density at radius 2 is 1.06 bits per heavy atom. The number of para-hydroxylation sites is 1. The van der Waals surface area contributed by atoms with E-state index in [2.05, 4.69) is 119 Å². The number of rotatable bonds is 3. The third-order valence-corrected chi connectivity index (χ3v) is 11.7. The van der Waals surface area contributed by atoms with Gasteiger partial charge in [-0.05, 0) is 85.0 Å². The minimum atomic E-state index is -0.191. The van der Waals surface area contributed by atoms with Gasteiger partial charge >= 0.3 is 0 Å². The van der Waals surface area contributed by atoms with Gasteiger partial charge in [-0.3, -0.25) is 0 Å². The lowest BCUT2D eigenvalue weighted by Gasteiger charge is -2.48. The molecule has 51 heavy (non-hydrogen) atoms. The highest BCUT2D eigenvalue weighted by Crippen LogP contribution is 2.55. The van der Waals surface area contributed by atoms with Crippen molar-refractivity contribution in [3.8, 4) is 45.3 Å². The molecule has 7 aromatic carbocycles. The van der Waals surface area contributed by atoms with Gasteiger partial charge in [-0.15, -0.1) is 0 Å². The van der Waals surface area contributed by atoms with E-state index in [9.17, 15) is 0 Å². The van der Waals surface area contributed by atoms with Gasteiger partial charge in [-0.25, -0.2) is 15.0 Å². The van der Waals surface area contributed by atoms with Crippen molar-refractivity contribution in [2.45, 2.75) is 38.5 Å². The maximum absolute atomic E-state index is 6.25. The summed E-state index contributed by atoms with van der Waals surface area (Å²) in [4.78, 5) is 15.4. The highest BCUT2D eigenvalue weighted by atomic mass is 16.3. The van der Waals surface area contributed by atoms with E-state index < -0.39 is 0 Å². The molecule has 0 amide bonds. The number of furan rings is 1. The maximum atomic E-state index is 6.25. The van der Waals surface area contributed by atoms with E-state index in [-0.39, 0.29) is 10.8 Å². The summed E-state index contributed by atoms with van der Waals surface area (Å²) < 4.78 is 6.25. The topological polar surface area (TPSA) is 51.8 Å². The molecule has 1 aliphatic rings. The van der Waals surface area contributed by atoms with E-state index in [1.165, 1.54) is 43.8 Å². The zero-order valence-corrected chi connectivity index (χ0v) is 29.0. The number of hydrogen-bond acceptors (Lipinski definition) is 4. The van der Waals surface area contributed by atoms with Crippen LogP contribution in [0.3, 0.4) is 0 Å². The second-order valence-corrected chi connectivity index (χ2v) is 14.9. The van der Waals surface area contributed by atoms with Crippen LogP contribution in [0.25, 0.3) is 88.8 Å². The molecule has 1 aliphatic carbocycles. The minimum Gasteiger partial charge on any atom is -0.456 e. The first-order valence-corrected chi connectivity index (χ1v) is 17.6. The molecule has 0 fully saturated rings. The predicted octanol–water partition coefficient (Wildman–Crippen LogP) is 12.3. The van der Waals surface area contributed by atoms with Crippen LogP contribution < -0.4 is 0 Å². The molecular weight excluding hydrogens is 623 g/mol. The molecule has 10 rings (SSSR count). The highest BCUT2D eigenvalue weighted by molar-refractivity contribution is 6.12. The number of aromatic nitrogens is 3. The molecule has 0 saturated carbocycles. The second kappa shape index (κ2) is 10.7. The largest absolute Gasteiger partial charge is 0.456 e. The molecule has 0 saturated heterocycles. The van der Waals surface area contributed by atoms with Crippen LogP contribution in [0.4, 0.5) is 0 Å². The molecule has 4 heteroatoms. The van der Waals surface area contributed by atoms with Crippen LogP contribution in [0.5, 0.6) is 0 Å². The molecule has 2 heterocycles. The van der Waals surface area contributed by atoms with Crippen molar-refractivity contribution in [1.29, 1.82) is 0 Å². The summed E-state index contributed by atoms with van der Waals surface area (Å²) in [5.41, 5.74) is 9.38. The number of nitrogens with zero attached hydrogens (tertiary/aromatic N) is 3. The van der Waals surface area contributed by atoms with Gasteiger partial charge in [0.05, 0.1) is 0 Å². The Labute approximate surface area is 296 Å². The highest BCUT2D eigenvalue weighted by Gasteiger charge is 2.46. The summed E-state index contributed by atoms with van der Waals surface area (Å²) in [6.45, 7) is 9.54. The van der Waals surface area contributed by atoms with Crippen LogP contribution in [0.2, 0.25) is 0 Å². The maximum Gasteiger partial charge on any atom is 0.164 e. The van der Waals surface area contributed by atoms with Crippen LogP contribution >= 0.6 is 0 Å². The van der Waals surface area contributed by atoms with Crippen molar-refractivity contribution in [2.75, 3.05) is 0 Å². The Morgan fingerprint density at radius 3 is 1.88 bits per heavy atom. The van der Waals surface area contributed by atoms with Crippen LogP contribution in [0.15, 0.2) is 144 Å². The molecule has 2 aromatic heterocycles. The molecule has 0 spiro atoms. The SMILES string of the molecule is CC1(C)c2cc(-c3nc(-c4ccccc4)nc(-c4cccc5oc6ccccc6c45)n3)ccc2-c2cc3ccc4ccccc4c3cc2C1(C)C. The average Bonchev–Trinajstić information content (AvgIpc) is 3.56. The van der Waals surface area contributed by atoms with Crippen LogP contribution in [0.1, 0.15) is 38.8 Å². The van der Waals surface area contributed by atoms with Gasteiger partial charge in [-0.1, -0.05) is 137 Å². The number of benzene rings is 7. The van der Waals surface area contributed by atoms with Gasteiger partial charge < -0.3 is 4.42 Å². The number of hydrogen-bond donors (Lipinski definition) is 0. The predicted molar refractivity (Wildman–Crippen MR) is 210 cm³/mol. The fraction of sp³-hybridized carbons (Fsp3) is 0.128. The van der Waals surface area contributed by atoms with Gasteiger partial charge in [0.15, 0.2) is 17.5 Å². The normalized spacial score (nSPS) is 14.6. The zero-order valence-electron chi connectivity index (χ0n) is 29.0. The molecule has 9 aromatic rings. The van der Waals surface area contributed by atoms with Crippen LogP contribution in [-0.4, -0.2) is 15.0 Å². The first kappa shape index (κ1) is 29.8. The van der Waals surface area contributed by atoms with Gasteiger partial charge in [0.25, 0.3) is 0 Å². The lowest BCUT2D eigenvalue weighted by Crippen LogP contribution is -2.43. The van der Waals surface area contributed by atoms with Crippen molar-refractivity contribution >= 4 is 43.5 Å². The fourth-order valence-electron chi connectivity index (χ4n) is 8.21. The first-order chi connectivity index (χ1) is 24.8.